The monoisotopic (exact) mass is 340 g/mol. The van der Waals surface area contributed by atoms with E-state index in [0.29, 0.717) is 16.9 Å². The topological polar surface area (TPSA) is 72.0 Å². The van der Waals surface area contributed by atoms with E-state index in [1.54, 1.807) is 32.4 Å². The number of carbonyl (C=O) groups is 1. The van der Waals surface area contributed by atoms with E-state index in [0.717, 1.165) is 15.9 Å². The molecule has 122 valence electrons. The van der Waals surface area contributed by atoms with Gasteiger partial charge in [0.1, 0.15) is 10.6 Å². The van der Waals surface area contributed by atoms with Gasteiger partial charge in [-0.2, -0.15) is 0 Å². The van der Waals surface area contributed by atoms with E-state index in [9.17, 15) is 9.59 Å². The zero-order chi connectivity index (χ0) is 17.3. The normalized spacial score (nSPS) is 11.3. The molecular formula is C18H16N2O3S. The van der Waals surface area contributed by atoms with E-state index < -0.39 is 0 Å². The molecule has 0 atom stereocenters. The molecule has 3 aromatic rings. The predicted molar refractivity (Wildman–Crippen MR) is 96.1 cm³/mol. The number of aryl methyl sites for hydroxylation is 2. The number of nitrogens with one attached hydrogen (secondary N) is 1. The van der Waals surface area contributed by atoms with Crippen LogP contribution in [0.3, 0.4) is 0 Å². The molecule has 1 N–H and O–H groups in total. The number of rotatable bonds is 4. The fourth-order valence-corrected chi connectivity index (χ4v) is 3.40. The van der Waals surface area contributed by atoms with Crippen molar-refractivity contribution < 1.29 is 9.53 Å². The molecule has 3 rings (SSSR count). The summed E-state index contributed by atoms with van der Waals surface area (Å²) in [6.45, 7) is 3.65. The van der Waals surface area contributed by atoms with Crippen LogP contribution >= 0.6 is 11.3 Å². The molecule has 3 heterocycles. The van der Waals surface area contributed by atoms with Crippen molar-refractivity contribution in [2.24, 2.45) is 0 Å². The van der Waals surface area contributed by atoms with E-state index >= 15 is 0 Å². The molecule has 0 aliphatic heterocycles. The summed E-state index contributed by atoms with van der Waals surface area (Å²) >= 11 is 1.44. The van der Waals surface area contributed by atoms with E-state index in [4.69, 9.17) is 4.74 Å². The van der Waals surface area contributed by atoms with Crippen LogP contribution < -0.4 is 10.3 Å². The van der Waals surface area contributed by atoms with Gasteiger partial charge < -0.3 is 9.72 Å². The largest absolute Gasteiger partial charge is 0.496 e. The molecule has 0 saturated heterocycles. The van der Waals surface area contributed by atoms with Crippen molar-refractivity contribution in [1.82, 2.24) is 9.97 Å². The van der Waals surface area contributed by atoms with Crippen molar-refractivity contribution >= 4 is 33.4 Å². The Hall–Kier alpha value is -2.73. The van der Waals surface area contributed by atoms with Gasteiger partial charge in [-0.25, -0.2) is 0 Å². The van der Waals surface area contributed by atoms with Gasteiger partial charge in [-0.1, -0.05) is 0 Å². The number of fused-ring (bicyclic) bond motifs is 1. The summed E-state index contributed by atoms with van der Waals surface area (Å²) in [5.74, 6) is 0.287. The highest BCUT2D eigenvalue weighted by atomic mass is 32.1. The van der Waals surface area contributed by atoms with Crippen LogP contribution in [0.1, 0.15) is 27.2 Å². The Bertz CT molecular complexity index is 1010. The first-order valence-electron chi connectivity index (χ1n) is 7.34. The standard InChI is InChI=1S/C18H16N2O3S/c1-10-8-15(23-3)12(9-19-10)4-5-14(21)16-11(2)13-6-7-24-18(13)20-17(16)22/h4-9H,1-3H3,(H,20,22). The molecule has 0 aliphatic rings. The van der Waals surface area contributed by atoms with Crippen LogP contribution in [0.25, 0.3) is 16.3 Å². The summed E-state index contributed by atoms with van der Waals surface area (Å²) in [6, 6.07) is 3.69. The first-order chi connectivity index (χ1) is 11.5. The van der Waals surface area contributed by atoms with Gasteiger partial charge >= 0.3 is 0 Å². The molecule has 0 amide bonds. The summed E-state index contributed by atoms with van der Waals surface area (Å²) in [6.07, 6.45) is 4.63. The lowest BCUT2D eigenvalue weighted by molar-refractivity contribution is 0.104. The minimum Gasteiger partial charge on any atom is -0.496 e. The summed E-state index contributed by atoms with van der Waals surface area (Å²) in [5.41, 5.74) is 1.99. The maximum atomic E-state index is 12.5. The molecular weight excluding hydrogens is 324 g/mol. The van der Waals surface area contributed by atoms with Gasteiger partial charge in [-0.15, -0.1) is 11.3 Å². The first-order valence-corrected chi connectivity index (χ1v) is 8.22. The molecule has 6 heteroatoms. The first kappa shape index (κ1) is 16.1. The van der Waals surface area contributed by atoms with Gasteiger partial charge in [-0.3, -0.25) is 14.6 Å². The number of hydrogen-bond donors (Lipinski definition) is 1. The lowest BCUT2D eigenvalue weighted by Crippen LogP contribution is -2.18. The maximum absolute atomic E-state index is 12.5. The number of hydrogen-bond acceptors (Lipinski definition) is 5. The van der Waals surface area contributed by atoms with Gasteiger partial charge in [0.25, 0.3) is 5.56 Å². The van der Waals surface area contributed by atoms with Crippen LogP contribution in [0.5, 0.6) is 5.75 Å². The minimum atomic E-state index is -0.369. The summed E-state index contributed by atoms with van der Waals surface area (Å²) in [4.78, 5) is 32.5. The van der Waals surface area contributed by atoms with Crippen LogP contribution in [0.15, 0.2) is 34.6 Å². The molecule has 0 bridgehead atoms. The molecule has 0 fully saturated rings. The van der Waals surface area contributed by atoms with Crippen molar-refractivity contribution in [3.8, 4) is 5.75 Å². The highest BCUT2D eigenvalue weighted by Gasteiger charge is 2.15. The van der Waals surface area contributed by atoms with Crippen molar-refractivity contribution in [2.75, 3.05) is 7.11 Å². The number of aromatic amines is 1. The summed E-state index contributed by atoms with van der Waals surface area (Å²) in [7, 11) is 1.56. The molecule has 0 unspecified atom stereocenters. The fraction of sp³-hybridized carbons (Fsp3) is 0.167. The Morgan fingerprint density at radius 2 is 2.17 bits per heavy atom. The average molecular weight is 340 g/mol. The minimum absolute atomic E-state index is 0.163. The molecule has 0 aliphatic carbocycles. The van der Waals surface area contributed by atoms with Gasteiger partial charge in [0.15, 0.2) is 5.78 Å². The zero-order valence-electron chi connectivity index (χ0n) is 13.5. The number of nitrogens with zero attached hydrogens (tertiary/aromatic N) is 1. The summed E-state index contributed by atoms with van der Waals surface area (Å²) < 4.78 is 5.29. The Balaban J connectivity index is 2.00. The highest BCUT2D eigenvalue weighted by molar-refractivity contribution is 7.16. The highest BCUT2D eigenvalue weighted by Crippen LogP contribution is 2.23. The second kappa shape index (κ2) is 6.41. The van der Waals surface area contributed by atoms with Crippen molar-refractivity contribution in [2.45, 2.75) is 13.8 Å². The Morgan fingerprint density at radius 1 is 1.38 bits per heavy atom. The van der Waals surface area contributed by atoms with E-state index in [-0.39, 0.29) is 16.9 Å². The van der Waals surface area contributed by atoms with Crippen LogP contribution in [0.2, 0.25) is 0 Å². The molecule has 0 spiro atoms. The smallest absolute Gasteiger partial charge is 0.260 e. The zero-order valence-corrected chi connectivity index (χ0v) is 14.4. The third-order valence-electron chi connectivity index (χ3n) is 3.81. The molecule has 5 nitrogen and oxygen atoms in total. The summed E-state index contributed by atoms with van der Waals surface area (Å²) in [5, 5.41) is 2.78. The number of aromatic nitrogens is 2. The number of ether oxygens (including phenoxy) is 1. The maximum Gasteiger partial charge on any atom is 0.260 e. The number of thiophene rings is 1. The lowest BCUT2D eigenvalue weighted by Gasteiger charge is -2.05. The Labute approximate surface area is 142 Å². The Morgan fingerprint density at radius 3 is 2.92 bits per heavy atom. The van der Waals surface area contributed by atoms with Crippen LogP contribution in [-0.2, 0) is 0 Å². The van der Waals surface area contributed by atoms with Gasteiger partial charge in [0, 0.05) is 28.9 Å². The number of pyridine rings is 2. The van der Waals surface area contributed by atoms with E-state index in [2.05, 4.69) is 9.97 Å². The second-order valence-corrected chi connectivity index (χ2v) is 6.30. The lowest BCUT2D eigenvalue weighted by atomic mass is 10.0. The van der Waals surface area contributed by atoms with Crippen LogP contribution in [-0.4, -0.2) is 22.9 Å². The molecule has 24 heavy (non-hydrogen) atoms. The number of allylic oxidation sites excluding steroid dienone is 1. The third-order valence-corrected chi connectivity index (χ3v) is 4.64. The van der Waals surface area contributed by atoms with Gasteiger partial charge in [0.05, 0.1) is 12.7 Å². The number of methoxy groups -OCH3 is 1. The predicted octanol–water partition coefficient (Wildman–Crippen LogP) is 3.51. The van der Waals surface area contributed by atoms with Crippen LogP contribution in [0, 0.1) is 13.8 Å². The van der Waals surface area contributed by atoms with Gasteiger partial charge in [-0.05, 0) is 43.0 Å². The van der Waals surface area contributed by atoms with Gasteiger partial charge in [0.2, 0.25) is 0 Å². The average Bonchev–Trinajstić information content (AvgIpc) is 3.02. The number of H-pyrrole nitrogens is 1. The van der Waals surface area contributed by atoms with Crippen LogP contribution in [0.4, 0.5) is 0 Å². The third kappa shape index (κ3) is 2.88. The molecule has 0 radical (unpaired) electrons. The SMILES string of the molecule is COc1cc(C)ncc1C=CC(=O)c1c(C)c2ccsc2[nH]c1=O. The Kier molecular flexibility index (Phi) is 4.31. The molecule has 0 aromatic carbocycles. The molecule has 0 saturated carbocycles. The van der Waals surface area contributed by atoms with Crippen molar-refractivity contribution in [3.05, 3.63) is 62.5 Å². The molecule has 3 aromatic heterocycles. The number of ketones is 1. The fourth-order valence-electron chi connectivity index (χ4n) is 2.56. The quantitative estimate of drug-likeness (QED) is 0.583. The van der Waals surface area contributed by atoms with Crippen molar-refractivity contribution in [3.63, 3.8) is 0 Å². The number of carbonyl (C=O) groups excluding carboxylic acids is 1. The van der Waals surface area contributed by atoms with E-state index in [1.807, 2.05) is 18.4 Å². The van der Waals surface area contributed by atoms with E-state index in [1.165, 1.54) is 17.4 Å². The second-order valence-electron chi connectivity index (χ2n) is 5.38. The van der Waals surface area contributed by atoms with Crippen molar-refractivity contribution in [1.29, 1.82) is 0 Å².